The number of nitrogens with two attached hydrogens (primary N) is 1. The molecule has 1 unspecified atom stereocenters. The number of hydrogen-bond acceptors (Lipinski definition) is 6. The maximum atomic E-state index is 5.80. The molecule has 1 atom stereocenters. The van der Waals surface area contributed by atoms with Gasteiger partial charge in [-0.15, -0.1) is 0 Å². The summed E-state index contributed by atoms with van der Waals surface area (Å²) in [5.74, 6) is 1.48. The summed E-state index contributed by atoms with van der Waals surface area (Å²) in [6.45, 7) is 6.96. The highest BCUT2D eigenvalue weighted by Crippen LogP contribution is 2.30. The number of rotatable bonds is 4. The van der Waals surface area contributed by atoms with Crippen LogP contribution in [-0.2, 0) is 0 Å². The summed E-state index contributed by atoms with van der Waals surface area (Å²) in [4.78, 5) is 12.5. The van der Waals surface area contributed by atoms with Gasteiger partial charge in [-0.3, -0.25) is 0 Å². The second-order valence-electron chi connectivity index (χ2n) is 5.73. The second kappa shape index (κ2) is 5.44. The standard InChI is InChI=1S/C13H19N5O/c1-13(2,3)7-9(8-14)12-17-11(18-19-12)10-15-5-4-6-16-10/h4-6,9H,7-8,14H2,1-3H3. The molecule has 2 heterocycles. The molecule has 19 heavy (non-hydrogen) atoms. The van der Waals surface area contributed by atoms with E-state index in [4.69, 9.17) is 10.3 Å². The molecule has 6 heteroatoms. The summed E-state index contributed by atoms with van der Waals surface area (Å²) in [6, 6.07) is 1.74. The van der Waals surface area contributed by atoms with Gasteiger partial charge in [0, 0.05) is 18.9 Å². The van der Waals surface area contributed by atoms with E-state index < -0.39 is 0 Å². The molecule has 0 amide bonds. The fourth-order valence-corrected chi connectivity index (χ4v) is 1.92. The van der Waals surface area contributed by atoms with Crippen LogP contribution >= 0.6 is 0 Å². The van der Waals surface area contributed by atoms with Gasteiger partial charge in [0.25, 0.3) is 0 Å². The minimum absolute atomic E-state index is 0.0602. The van der Waals surface area contributed by atoms with Crippen LogP contribution < -0.4 is 5.73 Å². The van der Waals surface area contributed by atoms with Crippen molar-refractivity contribution in [3.8, 4) is 11.6 Å². The van der Waals surface area contributed by atoms with Crippen LogP contribution in [-0.4, -0.2) is 26.7 Å². The zero-order valence-corrected chi connectivity index (χ0v) is 11.5. The van der Waals surface area contributed by atoms with Gasteiger partial charge in [-0.05, 0) is 17.9 Å². The van der Waals surface area contributed by atoms with E-state index in [-0.39, 0.29) is 11.3 Å². The molecule has 0 spiro atoms. The average Bonchev–Trinajstić information content (AvgIpc) is 2.85. The Balaban J connectivity index is 2.20. The monoisotopic (exact) mass is 261 g/mol. The Kier molecular flexibility index (Phi) is 3.90. The van der Waals surface area contributed by atoms with E-state index in [2.05, 4.69) is 40.9 Å². The van der Waals surface area contributed by atoms with E-state index in [1.807, 2.05) is 0 Å². The van der Waals surface area contributed by atoms with Crippen LogP contribution in [0.4, 0.5) is 0 Å². The third-order valence-electron chi connectivity index (χ3n) is 2.70. The maximum Gasteiger partial charge on any atom is 0.240 e. The summed E-state index contributed by atoms with van der Waals surface area (Å²) in [5, 5.41) is 3.92. The molecule has 0 saturated heterocycles. The molecular weight excluding hydrogens is 242 g/mol. The minimum Gasteiger partial charge on any atom is -0.339 e. The van der Waals surface area contributed by atoms with E-state index >= 15 is 0 Å². The topological polar surface area (TPSA) is 90.7 Å². The van der Waals surface area contributed by atoms with Crippen LogP contribution in [0.15, 0.2) is 23.0 Å². The van der Waals surface area contributed by atoms with Gasteiger partial charge in [0.2, 0.25) is 17.5 Å². The van der Waals surface area contributed by atoms with Crippen molar-refractivity contribution < 1.29 is 4.52 Å². The van der Waals surface area contributed by atoms with E-state index in [9.17, 15) is 0 Å². The first-order chi connectivity index (χ1) is 8.99. The van der Waals surface area contributed by atoms with Gasteiger partial charge >= 0.3 is 0 Å². The normalized spacial score (nSPS) is 13.5. The molecule has 0 bridgehead atoms. The van der Waals surface area contributed by atoms with Crippen molar-refractivity contribution in [2.24, 2.45) is 11.1 Å². The fourth-order valence-electron chi connectivity index (χ4n) is 1.92. The van der Waals surface area contributed by atoms with Crippen molar-refractivity contribution in [3.05, 3.63) is 24.4 Å². The first kappa shape index (κ1) is 13.6. The van der Waals surface area contributed by atoms with Gasteiger partial charge < -0.3 is 10.3 Å². The molecule has 2 aromatic rings. The highest BCUT2D eigenvalue weighted by atomic mass is 16.5. The van der Waals surface area contributed by atoms with Crippen molar-refractivity contribution in [3.63, 3.8) is 0 Å². The van der Waals surface area contributed by atoms with Crippen LogP contribution in [0.3, 0.4) is 0 Å². The molecule has 2 N–H and O–H groups in total. The lowest BCUT2D eigenvalue weighted by molar-refractivity contribution is 0.287. The van der Waals surface area contributed by atoms with Crippen LogP contribution in [0.25, 0.3) is 11.6 Å². The van der Waals surface area contributed by atoms with Gasteiger partial charge in [0.05, 0.1) is 5.92 Å². The van der Waals surface area contributed by atoms with E-state index in [1.165, 1.54) is 0 Å². The Morgan fingerprint density at radius 1 is 1.21 bits per heavy atom. The van der Waals surface area contributed by atoms with Gasteiger partial charge in [-0.1, -0.05) is 25.9 Å². The molecule has 0 radical (unpaired) electrons. The summed E-state index contributed by atoms with van der Waals surface area (Å²) in [5.41, 5.74) is 5.96. The lowest BCUT2D eigenvalue weighted by Crippen LogP contribution is -2.19. The zero-order valence-electron chi connectivity index (χ0n) is 11.5. The van der Waals surface area contributed by atoms with Crippen molar-refractivity contribution >= 4 is 0 Å². The number of nitrogens with zero attached hydrogens (tertiary/aromatic N) is 4. The molecule has 0 aliphatic carbocycles. The molecule has 6 nitrogen and oxygen atoms in total. The molecule has 0 aliphatic heterocycles. The third kappa shape index (κ3) is 3.57. The third-order valence-corrected chi connectivity index (χ3v) is 2.70. The summed E-state index contributed by atoms with van der Waals surface area (Å²) >= 11 is 0. The Bertz CT molecular complexity index is 517. The molecule has 2 rings (SSSR count). The van der Waals surface area contributed by atoms with E-state index in [0.29, 0.717) is 24.1 Å². The summed E-state index contributed by atoms with van der Waals surface area (Å²) in [6.07, 6.45) is 4.18. The largest absolute Gasteiger partial charge is 0.339 e. The van der Waals surface area contributed by atoms with Crippen molar-refractivity contribution in [2.45, 2.75) is 33.1 Å². The number of aromatic nitrogens is 4. The zero-order chi connectivity index (χ0) is 13.9. The molecule has 0 aromatic carbocycles. The van der Waals surface area contributed by atoms with Crippen molar-refractivity contribution in [1.29, 1.82) is 0 Å². The lowest BCUT2D eigenvalue weighted by Gasteiger charge is -2.22. The highest BCUT2D eigenvalue weighted by molar-refractivity contribution is 5.40. The van der Waals surface area contributed by atoms with Crippen LogP contribution in [0.5, 0.6) is 0 Å². The quantitative estimate of drug-likeness (QED) is 0.905. The molecular formula is C13H19N5O. The lowest BCUT2D eigenvalue weighted by atomic mass is 9.84. The highest BCUT2D eigenvalue weighted by Gasteiger charge is 2.24. The van der Waals surface area contributed by atoms with Crippen molar-refractivity contribution in [1.82, 2.24) is 20.1 Å². The minimum atomic E-state index is 0.0602. The Labute approximate surface area is 112 Å². The predicted molar refractivity (Wildman–Crippen MR) is 71.2 cm³/mol. The van der Waals surface area contributed by atoms with E-state index in [1.54, 1.807) is 18.5 Å². The smallest absolute Gasteiger partial charge is 0.240 e. The van der Waals surface area contributed by atoms with Crippen LogP contribution in [0.2, 0.25) is 0 Å². The summed E-state index contributed by atoms with van der Waals surface area (Å²) in [7, 11) is 0. The maximum absolute atomic E-state index is 5.80. The first-order valence-electron chi connectivity index (χ1n) is 6.30. The van der Waals surface area contributed by atoms with Gasteiger partial charge in [-0.25, -0.2) is 9.97 Å². The Hall–Kier alpha value is -1.82. The SMILES string of the molecule is CC(C)(C)CC(CN)c1nc(-c2ncccn2)no1. The molecule has 0 fully saturated rings. The molecule has 0 aliphatic rings. The summed E-state index contributed by atoms with van der Waals surface area (Å²) < 4.78 is 5.30. The van der Waals surface area contributed by atoms with Crippen LogP contribution in [0.1, 0.15) is 39.0 Å². The van der Waals surface area contributed by atoms with Crippen LogP contribution in [0, 0.1) is 5.41 Å². The molecule has 102 valence electrons. The van der Waals surface area contributed by atoms with Gasteiger partial charge in [0.15, 0.2) is 0 Å². The second-order valence-corrected chi connectivity index (χ2v) is 5.73. The van der Waals surface area contributed by atoms with E-state index in [0.717, 1.165) is 6.42 Å². The van der Waals surface area contributed by atoms with Crippen molar-refractivity contribution in [2.75, 3.05) is 6.54 Å². The Morgan fingerprint density at radius 3 is 2.47 bits per heavy atom. The molecule has 2 aromatic heterocycles. The average molecular weight is 261 g/mol. The van der Waals surface area contributed by atoms with Gasteiger partial charge in [0.1, 0.15) is 0 Å². The number of hydrogen-bond donors (Lipinski definition) is 1. The van der Waals surface area contributed by atoms with Gasteiger partial charge in [-0.2, -0.15) is 4.98 Å². The molecule has 0 saturated carbocycles. The first-order valence-corrected chi connectivity index (χ1v) is 6.30. The Morgan fingerprint density at radius 2 is 1.89 bits per heavy atom. The predicted octanol–water partition coefficient (Wildman–Crippen LogP) is 2.01. The fraction of sp³-hybridized carbons (Fsp3) is 0.538.